The van der Waals surface area contributed by atoms with E-state index in [9.17, 15) is 4.79 Å². The number of hydrogen-bond acceptors (Lipinski definition) is 2. The summed E-state index contributed by atoms with van der Waals surface area (Å²) in [6, 6.07) is 9.41. The highest BCUT2D eigenvalue weighted by Gasteiger charge is 2.04. The van der Waals surface area contributed by atoms with E-state index in [-0.39, 0.29) is 6.03 Å². The van der Waals surface area contributed by atoms with Crippen molar-refractivity contribution in [2.45, 2.75) is 20.3 Å². The van der Waals surface area contributed by atoms with Crippen LogP contribution in [0.3, 0.4) is 0 Å². The predicted octanol–water partition coefficient (Wildman–Crippen LogP) is 2.92. The predicted molar refractivity (Wildman–Crippen MR) is 76.1 cm³/mol. The topological polar surface area (TPSA) is 69.8 Å². The number of H-pyrrole nitrogens is 1. The van der Waals surface area contributed by atoms with Gasteiger partial charge in [-0.15, -0.1) is 0 Å². The fourth-order valence-electron chi connectivity index (χ4n) is 1.74. The Bertz CT molecular complexity index is 562. The van der Waals surface area contributed by atoms with Crippen LogP contribution in [0.5, 0.6) is 0 Å². The number of carbonyl (C=O) groups is 1. The number of amides is 2. The molecule has 0 saturated heterocycles. The Morgan fingerprint density at radius 3 is 2.89 bits per heavy atom. The van der Waals surface area contributed by atoms with E-state index < -0.39 is 0 Å². The summed E-state index contributed by atoms with van der Waals surface area (Å²) in [7, 11) is 0. The average molecular weight is 258 g/mol. The van der Waals surface area contributed by atoms with Crippen molar-refractivity contribution in [1.82, 2.24) is 15.5 Å². The minimum atomic E-state index is -0.183. The van der Waals surface area contributed by atoms with E-state index in [0.29, 0.717) is 6.54 Å². The number of benzene rings is 1. The Morgan fingerprint density at radius 1 is 1.37 bits per heavy atom. The highest BCUT2D eigenvalue weighted by Crippen LogP contribution is 2.21. The van der Waals surface area contributed by atoms with Gasteiger partial charge in [0.1, 0.15) is 0 Å². The summed E-state index contributed by atoms with van der Waals surface area (Å²) in [5, 5.41) is 12.7. The Kier molecular flexibility index (Phi) is 4.18. The molecule has 3 N–H and O–H groups in total. The molecule has 0 aliphatic rings. The van der Waals surface area contributed by atoms with Gasteiger partial charge in [0.25, 0.3) is 0 Å². The lowest BCUT2D eigenvalue weighted by molar-refractivity contribution is 0.252. The molecule has 0 fully saturated rings. The van der Waals surface area contributed by atoms with Crippen molar-refractivity contribution in [1.29, 1.82) is 0 Å². The Hall–Kier alpha value is -2.30. The van der Waals surface area contributed by atoms with Crippen LogP contribution in [0.25, 0.3) is 11.3 Å². The van der Waals surface area contributed by atoms with Crippen LogP contribution in [0.4, 0.5) is 10.5 Å². The van der Waals surface area contributed by atoms with E-state index >= 15 is 0 Å². The molecule has 0 unspecified atom stereocenters. The van der Waals surface area contributed by atoms with E-state index in [1.807, 2.05) is 44.2 Å². The highest BCUT2D eigenvalue weighted by molar-refractivity contribution is 5.89. The van der Waals surface area contributed by atoms with Crippen molar-refractivity contribution < 1.29 is 4.79 Å². The van der Waals surface area contributed by atoms with Crippen molar-refractivity contribution in [3.8, 4) is 11.3 Å². The van der Waals surface area contributed by atoms with Gasteiger partial charge in [0.15, 0.2) is 0 Å². The zero-order valence-electron chi connectivity index (χ0n) is 11.2. The van der Waals surface area contributed by atoms with Gasteiger partial charge in [-0.2, -0.15) is 5.10 Å². The molecule has 2 rings (SSSR count). The van der Waals surface area contributed by atoms with Gasteiger partial charge >= 0.3 is 6.03 Å². The number of aromatic nitrogens is 2. The second-order valence-electron chi connectivity index (χ2n) is 4.40. The third kappa shape index (κ3) is 3.58. The molecule has 1 aromatic heterocycles. The number of anilines is 1. The zero-order valence-corrected chi connectivity index (χ0v) is 11.2. The lowest BCUT2D eigenvalue weighted by Gasteiger charge is -2.07. The van der Waals surface area contributed by atoms with Gasteiger partial charge in [-0.25, -0.2) is 4.79 Å². The van der Waals surface area contributed by atoms with Gasteiger partial charge in [-0.3, -0.25) is 5.10 Å². The maximum atomic E-state index is 11.6. The summed E-state index contributed by atoms with van der Waals surface area (Å²) >= 11 is 0. The third-order valence-electron chi connectivity index (χ3n) is 2.66. The van der Waals surface area contributed by atoms with Gasteiger partial charge in [0, 0.05) is 23.5 Å². The van der Waals surface area contributed by atoms with Crippen LogP contribution in [0, 0.1) is 6.92 Å². The molecule has 1 heterocycles. The summed E-state index contributed by atoms with van der Waals surface area (Å²) in [5.74, 6) is 0. The van der Waals surface area contributed by atoms with Crippen LogP contribution < -0.4 is 10.6 Å². The van der Waals surface area contributed by atoms with E-state index in [1.54, 1.807) is 0 Å². The number of nitrogens with zero attached hydrogens (tertiary/aromatic N) is 1. The molecule has 5 nitrogen and oxygen atoms in total. The molecule has 0 aliphatic carbocycles. The summed E-state index contributed by atoms with van der Waals surface area (Å²) < 4.78 is 0. The smallest absolute Gasteiger partial charge is 0.319 e. The molecule has 0 saturated carbocycles. The standard InChI is InChI=1S/C14H18N4O/c1-3-7-15-14(19)16-12-6-4-5-11(9-12)13-8-10(2)17-18-13/h4-6,8-9H,3,7H2,1-2H3,(H,17,18)(H2,15,16,19). The fourth-order valence-corrected chi connectivity index (χ4v) is 1.74. The summed E-state index contributed by atoms with van der Waals surface area (Å²) in [5.41, 5.74) is 3.61. The van der Waals surface area contributed by atoms with Crippen molar-refractivity contribution in [2.75, 3.05) is 11.9 Å². The third-order valence-corrected chi connectivity index (χ3v) is 2.66. The van der Waals surface area contributed by atoms with Gasteiger partial charge in [-0.05, 0) is 31.5 Å². The van der Waals surface area contributed by atoms with Gasteiger partial charge < -0.3 is 10.6 Å². The van der Waals surface area contributed by atoms with E-state index in [2.05, 4.69) is 20.8 Å². The van der Waals surface area contributed by atoms with Crippen molar-refractivity contribution in [2.24, 2.45) is 0 Å². The van der Waals surface area contributed by atoms with Crippen molar-refractivity contribution >= 4 is 11.7 Å². The second kappa shape index (κ2) is 6.04. The Balaban J connectivity index is 2.09. The molecule has 19 heavy (non-hydrogen) atoms. The molecule has 0 atom stereocenters. The molecule has 2 aromatic rings. The fraction of sp³-hybridized carbons (Fsp3) is 0.286. The maximum absolute atomic E-state index is 11.6. The zero-order chi connectivity index (χ0) is 13.7. The highest BCUT2D eigenvalue weighted by atomic mass is 16.2. The summed E-state index contributed by atoms with van der Waals surface area (Å²) in [6.07, 6.45) is 0.917. The van der Waals surface area contributed by atoms with E-state index in [0.717, 1.165) is 29.1 Å². The van der Waals surface area contributed by atoms with Crippen LogP contribution in [-0.2, 0) is 0 Å². The Morgan fingerprint density at radius 2 is 2.21 bits per heavy atom. The number of carbonyl (C=O) groups excluding carboxylic acids is 1. The lowest BCUT2D eigenvalue weighted by atomic mass is 10.1. The van der Waals surface area contributed by atoms with Gasteiger partial charge in [0.05, 0.1) is 5.69 Å². The first kappa shape index (κ1) is 13.1. The summed E-state index contributed by atoms with van der Waals surface area (Å²) in [6.45, 7) is 4.64. The minimum absolute atomic E-state index is 0.183. The molecule has 0 aliphatic heterocycles. The first-order valence-electron chi connectivity index (χ1n) is 6.36. The number of nitrogens with one attached hydrogen (secondary N) is 3. The minimum Gasteiger partial charge on any atom is -0.338 e. The number of urea groups is 1. The SMILES string of the molecule is CCCNC(=O)Nc1cccc(-c2cc(C)[nH]n2)c1. The lowest BCUT2D eigenvalue weighted by Crippen LogP contribution is -2.29. The van der Waals surface area contributed by atoms with E-state index in [1.165, 1.54) is 0 Å². The average Bonchev–Trinajstić information content (AvgIpc) is 2.83. The molecule has 0 bridgehead atoms. The first-order valence-corrected chi connectivity index (χ1v) is 6.36. The van der Waals surface area contributed by atoms with Crippen LogP contribution in [0.1, 0.15) is 19.0 Å². The molecule has 100 valence electrons. The molecule has 5 heteroatoms. The number of aryl methyl sites for hydroxylation is 1. The maximum Gasteiger partial charge on any atom is 0.319 e. The van der Waals surface area contributed by atoms with Gasteiger partial charge in [0.2, 0.25) is 0 Å². The molecule has 0 spiro atoms. The molecular weight excluding hydrogens is 240 g/mol. The van der Waals surface area contributed by atoms with Crippen LogP contribution in [-0.4, -0.2) is 22.8 Å². The quantitative estimate of drug-likeness (QED) is 0.789. The van der Waals surface area contributed by atoms with Crippen LogP contribution in [0.2, 0.25) is 0 Å². The van der Waals surface area contributed by atoms with Crippen molar-refractivity contribution in [3.05, 3.63) is 36.0 Å². The molecule has 2 amide bonds. The molecule has 1 aromatic carbocycles. The second-order valence-corrected chi connectivity index (χ2v) is 4.40. The van der Waals surface area contributed by atoms with Crippen LogP contribution in [0.15, 0.2) is 30.3 Å². The summed E-state index contributed by atoms with van der Waals surface area (Å²) in [4.78, 5) is 11.6. The molecular formula is C14H18N4O. The van der Waals surface area contributed by atoms with E-state index in [4.69, 9.17) is 0 Å². The normalized spacial score (nSPS) is 10.2. The molecule has 0 radical (unpaired) electrons. The largest absolute Gasteiger partial charge is 0.338 e. The van der Waals surface area contributed by atoms with Gasteiger partial charge in [-0.1, -0.05) is 19.1 Å². The number of hydrogen-bond donors (Lipinski definition) is 3. The Labute approximate surface area is 112 Å². The monoisotopic (exact) mass is 258 g/mol. The first-order chi connectivity index (χ1) is 9.19. The number of aromatic amines is 1. The number of rotatable bonds is 4. The van der Waals surface area contributed by atoms with Crippen LogP contribution >= 0.6 is 0 Å². The van der Waals surface area contributed by atoms with Crippen molar-refractivity contribution in [3.63, 3.8) is 0 Å².